The maximum Gasteiger partial charge on any atom is 0.258 e. The van der Waals surface area contributed by atoms with Gasteiger partial charge >= 0.3 is 0 Å². The van der Waals surface area contributed by atoms with Crippen molar-refractivity contribution in [2.24, 2.45) is 0 Å². The van der Waals surface area contributed by atoms with Crippen LogP contribution in [0.4, 0.5) is 0 Å². The maximum absolute atomic E-state index is 12.5. The summed E-state index contributed by atoms with van der Waals surface area (Å²) in [5.74, 6) is 2.48. The molecular formula is C23H29NO4. The zero-order valence-corrected chi connectivity index (χ0v) is 17.2. The number of methoxy groups -OCH3 is 1. The van der Waals surface area contributed by atoms with Crippen molar-refractivity contribution in [3.63, 3.8) is 0 Å². The predicted molar refractivity (Wildman–Crippen MR) is 109 cm³/mol. The lowest BCUT2D eigenvalue weighted by molar-refractivity contribution is -0.124. The number of hydrogen-bond donors (Lipinski definition) is 1. The van der Waals surface area contributed by atoms with Gasteiger partial charge in [0.15, 0.2) is 6.61 Å². The van der Waals surface area contributed by atoms with E-state index in [1.807, 2.05) is 56.3 Å². The molecule has 0 aromatic heterocycles. The van der Waals surface area contributed by atoms with Gasteiger partial charge in [0.1, 0.15) is 22.8 Å². The second-order valence-corrected chi connectivity index (χ2v) is 8.10. The molecule has 1 heterocycles. The second kappa shape index (κ2) is 8.13. The average Bonchev–Trinajstić information content (AvgIpc) is 2.65. The molecule has 1 aliphatic heterocycles. The van der Waals surface area contributed by atoms with Crippen LogP contribution in [0.5, 0.6) is 17.2 Å². The highest BCUT2D eigenvalue weighted by Gasteiger charge is 2.34. The molecule has 0 aliphatic carbocycles. The average molecular weight is 383 g/mol. The van der Waals surface area contributed by atoms with E-state index in [0.717, 1.165) is 17.1 Å². The van der Waals surface area contributed by atoms with Gasteiger partial charge in [-0.15, -0.1) is 0 Å². The molecule has 5 nitrogen and oxygen atoms in total. The Morgan fingerprint density at radius 3 is 2.50 bits per heavy atom. The quantitative estimate of drug-likeness (QED) is 0.791. The van der Waals surface area contributed by atoms with E-state index in [-0.39, 0.29) is 24.2 Å². The molecule has 150 valence electrons. The molecule has 0 fully saturated rings. The highest BCUT2D eigenvalue weighted by Crippen LogP contribution is 2.41. The van der Waals surface area contributed by atoms with Gasteiger partial charge in [-0.1, -0.05) is 26.0 Å². The van der Waals surface area contributed by atoms with Crippen LogP contribution in [0.15, 0.2) is 42.5 Å². The molecule has 0 bridgehead atoms. The van der Waals surface area contributed by atoms with Gasteiger partial charge in [0, 0.05) is 18.1 Å². The Labute approximate surface area is 167 Å². The minimum atomic E-state index is -0.384. The molecule has 28 heavy (non-hydrogen) atoms. The molecule has 1 atom stereocenters. The molecular weight excluding hydrogens is 354 g/mol. The summed E-state index contributed by atoms with van der Waals surface area (Å²) in [6.07, 6.45) is 0.682. The summed E-state index contributed by atoms with van der Waals surface area (Å²) in [6, 6.07) is 13.4. The van der Waals surface area contributed by atoms with Gasteiger partial charge in [-0.3, -0.25) is 4.79 Å². The molecule has 2 aromatic rings. The lowest BCUT2D eigenvalue weighted by atomic mass is 9.89. The van der Waals surface area contributed by atoms with Crippen LogP contribution in [-0.2, 0) is 4.79 Å². The number of ether oxygens (including phenoxy) is 3. The number of hydrogen-bond acceptors (Lipinski definition) is 4. The van der Waals surface area contributed by atoms with Gasteiger partial charge in [0.2, 0.25) is 0 Å². The third kappa shape index (κ3) is 4.77. The molecule has 5 heteroatoms. The van der Waals surface area contributed by atoms with E-state index >= 15 is 0 Å². The Hall–Kier alpha value is -2.69. The third-order valence-corrected chi connectivity index (χ3v) is 4.93. The van der Waals surface area contributed by atoms with Crippen LogP contribution >= 0.6 is 0 Å². The molecule has 0 spiro atoms. The molecule has 3 rings (SSSR count). The normalized spacial score (nSPS) is 17.4. The standard InChI is InChI=1S/C23H29NO4/c1-15(2)16-6-8-17(9-7-16)27-14-22(25)24-20-13-23(3,4)28-21-12-18(26-5)10-11-19(20)21/h6-12,15,20H,13-14H2,1-5H3,(H,24,25). The maximum atomic E-state index is 12.5. The zero-order valence-electron chi connectivity index (χ0n) is 17.2. The van der Waals surface area contributed by atoms with Crippen LogP contribution in [0.25, 0.3) is 0 Å². The molecule has 2 aromatic carbocycles. The van der Waals surface area contributed by atoms with Crippen LogP contribution < -0.4 is 19.5 Å². The van der Waals surface area contributed by atoms with Crippen molar-refractivity contribution in [1.82, 2.24) is 5.32 Å². The first kappa shape index (κ1) is 20.1. The number of benzene rings is 2. The van der Waals surface area contributed by atoms with E-state index in [1.165, 1.54) is 5.56 Å². The summed E-state index contributed by atoms with van der Waals surface area (Å²) in [5, 5.41) is 3.08. The Morgan fingerprint density at radius 2 is 1.86 bits per heavy atom. The van der Waals surface area contributed by atoms with Gasteiger partial charge in [0.05, 0.1) is 13.2 Å². The summed E-state index contributed by atoms with van der Waals surface area (Å²) >= 11 is 0. The lowest BCUT2D eigenvalue weighted by Gasteiger charge is -2.38. The van der Waals surface area contributed by atoms with Crippen LogP contribution in [0.2, 0.25) is 0 Å². The van der Waals surface area contributed by atoms with Crippen molar-refractivity contribution < 1.29 is 19.0 Å². The predicted octanol–water partition coefficient (Wildman–Crippen LogP) is 4.62. The van der Waals surface area contributed by atoms with Crippen molar-refractivity contribution in [3.8, 4) is 17.2 Å². The van der Waals surface area contributed by atoms with Crippen molar-refractivity contribution >= 4 is 5.91 Å². The third-order valence-electron chi connectivity index (χ3n) is 4.93. The number of carbonyl (C=O) groups excluding carboxylic acids is 1. The smallest absolute Gasteiger partial charge is 0.258 e. The number of nitrogens with one attached hydrogen (secondary N) is 1. The fraction of sp³-hybridized carbons (Fsp3) is 0.435. The van der Waals surface area contributed by atoms with Crippen molar-refractivity contribution in [1.29, 1.82) is 0 Å². The first-order chi connectivity index (χ1) is 13.3. The van der Waals surface area contributed by atoms with Crippen LogP contribution in [-0.4, -0.2) is 25.2 Å². The van der Waals surface area contributed by atoms with Crippen LogP contribution in [0.1, 0.15) is 57.2 Å². The Balaban J connectivity index is 1.65. The lowest BCUT2D eigenvalue weighted by Crippen LogP contribution is -2.42. The monoisotopic (exact) mass is 383 g/mol. The first-order valence-corrected chi connectivity index (χ1v) is 9.66. The van der Waals surface area contributed by atoms with Gasteiger partial charge in [-0.2, -0.15) is 0 Å². The SMILES string of the molecule is COc1ccc2c(c1)OC(C)(C)CC2NC(=O)COc1ccc(C(C)C)cc1. The first-order valence-electron chi connectivity index (χ1n) is 9.66. The summed E-state index contributed by atoms with van der Waals surface area (Å²) < 4.78 is 17.0. The molecule has 0 saturated carbocycles. The van der Waals surface area contributed by atoms with Gasteiger partial charge < -0.3 is 19.5 Å². The zero-order chi connectivity index (χ0) is 20.3. The van der Waals surface area contributed by atoms with E-state index in [9.17, 15) is 4.79 Å². The molecule has 0 saturated heterocycles. The minimum Gasteiger partial charge on any atom is -0.497 e. The summed E-state index contributed by atoms with van der Waals surface area (Å²) in [6.45, 7) is 8.30. The van der Waals surface area contributed by atoms with Crippen LogP contribution in [0, 0.1) is 0 Å². The highest BCUT2D eigenvalue weighted by molar-refractivity contribution is 5.78. The van der Waals surface area contributed by atoms with E-state index in [0.29, 0.717) is 18.1 Å². The summed E-state index contributed by atoms with van der Waals surface area (Å²) in [4.78, 5) is 12.5. The molecule has 1 aliphatic rings. The van der Waals surface area contributed by atoms with E-state index in [4.69, 9.17) is 14.2 Å². The molecule has 0 radical (unpaired) electrons. The van der Waals surface area contributed by atoms with Crippen molar-refractivity contribution in [2.75, 3.05) is 13.7 Å². The Morgan fingerprint density at radius 1 is 1.18 bits per heavy atom. The van der Waals surface area contributed by atoms with Crippen molar-refractivity contribution in [3.05, 3.63) is 53.6 Å². The number of rotatable bonds is 6. The van der Waals surface area contributed by atoms with E-state index in [2.05, 4.69) is 19.2 Å². The van der Waals surface area contributed by atoms with Crippen molar-refractivity contribution in [2.45, 2.75) is 51.7 Å². The number of carbonyl (C=O) groups is 1. The topological polar surface area (TPSA) is 56.8 Å². The van der Waals surface area contributed by atoms with Gasteiger partial charge in [-0.05, 0) is 49.6 Å². The van der Waals surface area contributed by atoms with E-state index < -0.39 is 0 Å². The Kier molecular flexibility index (Phi) is 5.82. The molecule has 1 N–H and O–H groups in total. The van der Waals surface area contributed by atoms with Gasteiger partial charge in [-0.25, -0.2) is 0 Å². The second-order valence-electron chi connectivity index (χ2n) is 8.10. The molecule has 1 amide bonds. The van der Waals surface area contributed by atoms with Crippen LogP contribution in [0.3, 0.4) is 0 Å². The minimum absolute atomic E-state index is 0.0235. The fourth-order valence-corrected chi connectivity index (χ4v) is 3.42. The van der Waals surface area contributed by atoms with E-state index in [1.54, 1.807) is 7.11 Å². The summed E-state index contributed by atoms with van der Waals surface area (Å²) in [5.41, 5.74) is 1.81. The largest absolute Gasteiger partial charge is 0.497 e. The summed E-state index contributed by atoms with van der Waals surface area (Å²) in [7, 11) is 1.62. The Bertz CT molecular complexity index is 827. The fourth-order valence-electron chi connectivity index (χ4n) is 3.42. The number of fused-ring (bicyclic) bond motifs is 1. The van der Waals surface area contributed by atoms with Gasteiger partial charge in [0.25, 0.3) is 5.91 Å². The highest BCUT2D eigenvalue weighted by atomic mass is 16.5. The molecule has 1 unspecified atom stereocenters. The number of amides is 1.